The summed E-state index contributed by atoms with van der Waals surface area (Å²) >= 11 is 0. The highest BCUT2D eigenvalue weighted by molar-refractivity contribution is 6.07. The number of ketones is 1. The van der Waals surface area contributed by atoms with E-state index in [2.05, 4.69) is 0 Å². The first-order valence-electron chi connectivity index (χ1n) is 7.16. The molecule has 24 heavy (non-hydrogen) atoms. The van der Waals surface area contributed by atoms with Crippen LogP contribution in [-0.2, 0) is 0 Å². The Morgan fingerprint density at radius 1 is 1.12 bits per heavy atom. The lowest BCUT2D eigenvalue weighted by Crippen LogP contribution is -1.96. The number of fused-ring (bicyclic) bond motifs is 1. The predicted octanol–water partition coefficient (Wildman–Crippen LogP) is 3.47. The molecule has 6 heteroatoms. The first-order valence-corrected chi connectivity index (χ1v) is 7.16. The average Bonchev–Trinajstić information content (AvgIpc) is 3.08. The van der Waals surface area contributed by atoms with E-state index in [1.807, 2.05) is 0 Å². The van der Waals surface area contributed by atoms with Gasteiger partial charge in [0.05, 0.1) is 14.2 Å². The smallest absolute Gasteiger partial charge is 0.231 e. The fourth-order valence-electron chi connectivity index (χ4n) is 2.40. The van der Waals surface area contributed by atoms with E-state index in [0.717, 1.165) is 0 Å². The van der Waals surface area contributed by atoms with Crippen LogP contribution in [0.4, 0.5) is 4.39 Å². The minimum atomic E-state index is -0.391. The number of carbonyl (C=O) groups excluding carboxylic acids is 1. The van der Waals surface area contributed by atoms with Crippen LogP contribution < -0.4 is 18.9 Å². The lowest BCUT2D eigenvalue weighted by molar-refractivity contribution is 0.104. The number of hydrogen-bond donors (Lipinski definition) is 0. The van der Waals surface area contributed by atoms with Crippen molar-refractivity contribution >= 4 is 11.9 Å². The Morgan fingerprint density at radius 3 is 2.50 bits per heavy atom. The van der Waals surface area contributed by atoms with Crippen LogP contribution in [0.25, 0.3) is 6.08 Å². The molecule has 0 fully saturated rings. The summed E-state index contributed by atoms with van der Waals surface area (Å²) in [6.45, 7) is 0.0731. The number of allylic oxidation sites excluding steroid dienone is 1. The molecule has 2 aromatic carbocycles. The quantitative estimate of drug-likeness (QED) is 0.621. The summed E-state index contributed by atoms with van der Waals surface area (Å²) in [5, 5.41) is 0. The van der Waals surface area contributed by atoms with Crippen LogP contribution in [0.15, 0.2) is 36.4 Å². The van der Waals surface area contributed by atoms with E-state index in [1.165, 1.54) is 44.6 Å². The molecule has 0 N–H and O–H groups in total. The minimum absolute atomic E-state index is 0.0731. The molecule has 1 aliphatic heterocycles. The van der Waals surface area contributed by atoms with Gasteiger partial charge < -0.3 is 18.9 Å². The van der Waals surface area contributed by atoms with Crippen molar-refractivity contribution in [3.05, 3.63) is 53.4 Å². The van der Waals surface area contributed by atoms with Gasteiger partial charge in [-0.25, -0.2) is 4.39 Å². The molecule has 2 aromatic rings. The van der Waals surface area contributed by atoms with Crippen molar-refractivity contribution in [2.24, 2.45) is 0 Å². The van der Waals surface area contributed by atoms with Gasteiger partial charge in [0.2, 0.25) is 18.3 Å². The first kappa shape index (κ1) is 15.9. The van der Waals surface area contributed by atoms with Gasteiger partial charge in [-0.3, -0.25) is 4.79 Å². The summed E-state index contributed by atoms with van der Waals surface area (Å²) in [5.74, 6) is 1.19. The second-order valence-corrected chi connectivity index (χ2v) is 4.97. The van der Waals surface area contributed by atoms with Gasteiger partial charge in [-0.2, -0.15) is 0 Å². The Morgan fingerprint density at radius 2 is 1.83 bits per heavy atom. The lowest BCUT2D eigenvalue weighted by Gasteiger charge is -2.11. The number of methoxy groups -OCH3 is 2. The highest BCUT2D eigenvalue weighted by Gasteiger charge is 2.26. The van der Waals surface area contributed by atoms with Gasteiger partial charge >= 0.3 is 0 Å². The van der Waals surface area contributed by atoms with Gasteiger partial charge in [0.1, 0.15) is 5.82 Å². The van der Waals surface area contributed by atoms with Crippen molar-refractivity contribution in [1.29, 1.82) is 0 Å². The monoisotopic (exact) mass is 330 g/mol. The Hall–Kier alpha value is -3.02. The minimum Gasteiger partial charge on any atom is -0.493 e. The second kappa shape index (κ2) is 6.62. The molecule has 0 saturated carbocycles. The molecule has 0 spiro atoms. The molecule has 5 nitrogen and oxygen atoms in total. The largest absolute Gasteiger partial charge is 0.493 e. The van der Waals surface area contributed by atoms with Crippen molar-refractivity contribution in [2.45, 2.75) is 0 Å². The van der Waals surface area contributed by atoms with E-state index in [1.54, 1.807) is 12.1 Å². The topological polar surface area (TPSA) is 54.0 Å². The maximum atomic E-state index is 12.9. The number of hydrogen-bond acceptors (Lipinski definition) is 5. The summed E-state index contributed by atoms with van der Waals surface area (Å²) in [4.78, 5) is 12.2. The molecular weight excluding hydrogens is 315 g/mol. The fraction of sp³-hybridized carbons (Fsp3) is 0.167. The Labute approximate surface area is 138 Å². The summed E-state index contributed by atoms with van der Waals surface area (Å²) < 4.78 is 34.4. The van der Waals surface area contributed by atoms with Crippen LogP contribution in [0.1, 0.15) is 15.9 Å². The first-order chi connectivity index (χ1) is 11.6. The third-order valence-corrected chi connectivity index (χ3v) is 3.56. The molecule has 0 amide bonds. The molecule has 0 atom stereocenters. The summed E-state index contributed by atoms with van der Waals surface area (Å²) in [5.41, 5.74) is 0.994. The van der Waals surface area contributed by atoms with Crippen LogP contribution in [0.3, 0.4) is 0 Å². The third kappa shape index (κ3) is 2.90. The van der Waals surface area contributed by atoms with Gasteiger partial charge in [-0.15, -0.1) is 0 Å². The Kier molecular flexibility index (Phi) is 4.37. The van der Waals surface area contributed by atoms with E-state index in [9.17, 15) is 9.18 Å². The molecule has 0 radical (unpaired) electrons. The lowest BCUT2D eigenvalue weighted by atomic mass is 10.1. The maximum Gasteiger partial charge on any atom is 0.231 e. The molecule has 3 rings (SSSR count). The zero-order chi connectivity index (χ0) is 17.1. The Balaban J connectivity index is 1.94. The van der Waals surface area contributed by atoms with Crippen molar-refractivity contribution < 1.29 is 28.1 Å². The number of ether oxygens (including phenoxy) is 4. The van der Waals surface area contributed by atoms with Crippen LogP contribution in [0, 0.1) is 5.82 Å². The summed E-state index contributed by atoms with van der Waals surface area (Å²) in [6.07, 6.45) is 2.97. The van der Waals surface area contributed by atoms with Crippen molar-refractivity contribution in [3.8, 4) is 23.0 Å². The highest BCUT2D eigenvalue weighted by Crippen LogP contribution is 2.49. The van der Waals surface area contributed by atoms with Crippen LogP contribution in [-0.4, -0.2) is 26.8 Å². The zero-order valence-electron chi connectivity index (χ0n) is 13.2. The summed E-state index contributed by atoms with van der Waals surface area (Å²) in [6, 6.07) is 7.04. The number of rotatable bonds is 5. The summed E-state index contributed by atoms with van der Waals surface area (Å²) in [7, 11) is 3.02. The van der Waals surface area contributed by atoms with Gasteiger partial charge in [-0.1, -0.05) is 0 Å². The van der Waals surface area contributed by atoms with Crippen molar-refractivity contribution in [3.63, 3.8) is 0 Å². The second-order valence-electron chi connectivity index (χ2n) is 4.97. The van der Waals surface area contributed by atoms with Crippen molar-refractivity contribution in [1.82, 2.24) is 0 Å². The number of carbonyl (C=O) groups is 1. The molecule has 0 saturated heterocycles. The molecule has 0 aromatic heterocycles. The standard InChI is InChI=1S/C18H15FO5/c1-21-15-9-12(16(22-2)18-17(15)23-10-24-18)5-8-14(20)11-3-6-13(19)7-4-11/h3-9H,10H2,1-2H3. The fourth-order valence-corrected chi connectivity index (χ4v) is 2.40. The van der Waals surface area contributed by atoms with Gasteiger partial charge in [0, 0.05) is 11.1 Å². The van der Waals surface area contributed by atoms with Crippen LogP contribution in [0.5, 0.6) is 23.0 Å². The zero-order valence-corrected chi connectivity index (χ0v) is 13.2. The number of benzene rings is 2. The maximum absolute atomic E-state index is 12.9. The van der Waals surface area contributed by atoms with E-state index >= 15 is 0 Å². The average molecular weight is 330 g/mol. The SMILES string of the molecule is COc1cc(C=CC(=O)c2ccc(F)cc2)c(OC)c2c1OCO2. The molecule has 1 heterocycles. The van der Waals surface area contributed by atoms with Gasteiger partial charge in [-0.05, 0) is 42.5 Å². The van der Waals surface area contributed by atoms with E-state index in [4.69, 9.17) is 18.9 Å². The molecule has 124 valence electrons. The van der Waals surface area contributed by atoms with Gasteiger partial charge in [0.25, 0.3) is 0 Å². The molecular formula is C18H15FO5. The van der Waals surface area contributed by atoms with Crippen molar-refractivity contribution in [2.75, 3.05) is 21.0 Å². The molecule has 1 aliphatic rings. The van der Waals surface area contributed by atoms with Crippen LogP contribution in [0.2, 0.25) is 0 Å². The van der Waals surface area contributed by atoms with E-state index < -0.39 is 5.82 Å². The van der Waals surface area contributed by atoms with Crippen LogP contribution >= 0.6 is 0 Å². The molecule has 0 aliphatic carbocycles. The predicted molar refractivity (Wildman–Crippen MR) is 85.4 cm³/mol. The normalized spacial score (nSPS) is 12.5. The Bertz CT molecular complexity index is 796. The highest BCUT2D eigenvalue weighted by atomic mass is 19.1. The van der Waals surface area contributed by atoms with Gasteiger partial charge in [0.15, 0.2) is 17.3 Å². The third-order valence-electron chi connectivity index (χ3n) is 3.56. The number of halogens is 1. The van der Waals surface area contributed by atoms with E-state index in [-0.39, 0.29) is 12.6 Å². The molecule has 0 bridgehead atoms. The molecule has 0 unspecified atom stereocenters. The van der Waals surface area contributed by atoms with E-state index in [0.29, 0.717) is 34.1 Å².